The quantitative estimate of drug-likeness (QED) is 0.834. The van der Waals surface area contributed by atoms with Gasteiger partial charge in [-0.2, -0.15) is 0 Å². The summed E-state index contributed by atoms with van der Waals surface area (Å²) in [6.45, 7) is 5.11. The second-order valence-electron chi connectivity index (χ2n) is 4.71. The molecule has 2 amide bonds. The fourth-order valence-corrected chi connectivity index (χ4v) is 2.49. The standard InChI is InChI=1S/C15H19N3O2S/c1-10-4-5-12(8-11(10)2)13-9-21-15(17-13)18-14(19)16-6-7-20-3/h4-5,8-9H,6-7H2,1-3H3,(H2,16,17,18,19). The van der Waals surface area contributed by atoms with Crippen LogP contribution >= 0.6 is 11.3 Å². The highest BCUT2D eigenvalue weighted by atomic mass is 32.1. The van der Waals surface area contributed by atoms with E-state index in [1.54, 1.807) is 7.11 Å². The molecule has 0 saturated carbocycles. The number of carbonyl (C=O) groups excluding carboxylic acids is 1. The molecule has 1 aromatic heterocycles. The Kier molecular flexibility index (Phi) is 5.30. The van der Waals surface area contributed by atoms with Gasteiger partial charge >= 0.3 is 6.03 Å². The van der Waals surface area contributed by atoms with Gasteiger partial charge in [0.1, 0.15) is 0 Å². The molecule has 0 fully saturated rings. The summed E-state index contributed by atoms with van der Waals surface area (Å²) in [6, 6.07) is 5.95. The Morgan fingerprint density at radius 2 is 2.14 bits per heavy atom. The first-order valence-electron chi connectivity index (χ1n) is 6.67. The number of methoxy groups -OCH3 is 1. The van der Waals surface area contributed by atoms with Crippen LogP contribution in [0.2, 0.25) is 0 Å². The first-order chi connectivity index (χ1) is 10.1. The summed E-state index contributed by atoms with van der Waals surface area (Å²) < 4.78 is 4.87. The molecule has 0 spiro atoms. The van der Waals surface area contributed by atoms with Gasteiger partial charge < -0.3 is 10.1 Å². The fourth-order valence-electron chi connectivity index (χ4n) is 1.77. The van der Waals surface area contributed by atoms with Gasteiger partial charge in [0.2, 0.25) is 0 Å². The van der Waals surface area contributed by atoms with Gasteiger partial charge in [-0.1, -0.05) is 12.1 Å². The minimum atomic E-state index is -0.270. The number of hydrogen-bond acceptors (Lipinski definition) is 4. The van der Waals surface area contributed by atoms with E-state index in [1.165, 1.54) is 22.5 Å². The van der Waals surface area contributed by atoms with Crippen molar-refractivity contribution in [3.63, 3.8) is 0 Å². The zero-order valence-electron chi connectivity index (χ0n) is 12.4. The molecule has 2 aromatic rings. The van der Waals surface area contributed by atoms with Crippen LogP contribution in [0.25, 0.3) is 11.3 Å². The van der Waals surface area contributed by atoms with Crippen molar-refractivity contribution in [3.8, 4) is 11.3 Å². The summed E-state index contributed by atoms with van der Waals surface area (Å²) >= 11 is 1.41. The Morgan fingerprint density at radius 1 is 1.33 bits per heavy atom. The zero-order valence-corrected chi connectivity index (χ0v) is 13.2. The van der Waals surface area contributed by atoms with Gasteiger partial charge in [-0.25, -0.2) is 9.78 Å². The van der Waals surface area contributed by atoms with Gasteiger partial charge in [0.15, 0.2) is 5.13 Å². The molecule has 1 heterocycles. The van der Waals surface area contributed by atoms with Crippen LogP contribution in [0.1, 0.15) is 11.1 Å². The highest BCUT2D eigenvalue weighted by Gasteiger charge is 2.08. The molecule has 6 heteroatoms. The van der Waals surface area contributed by atoms with E-state index >= 15 is 0 Å². The molecule has 21 heavy (non-hydrogen) atoms. The fraction of sp³-hybridized carbons (Fsp3) is 0.333. The molecular formula is C15H19N3O2S. The van der Waals surface area contributed by atoms with Crippen molar-refractivity contribution in [2.45, 2.75) is 13.8 Å². The molecule has 0 unspecified atom stereocenters. The van der Waals surface area contributed by atoms with E-state index < -0.39 is 0 Å². The van der Waals surface area contributed by atoms with Crippen LogP contribution in [-0.4, -0.2) is 31.3 Å². The lowest BCUT2D eigenvalue weighted by Crippen LogP contribution is -2.31. The number of rotatable bonds is 5. The summed E-state index contributed by atoms with van der Waals surface area (Å²) in [5, 5.41) is 7.93. The lowest BCUT2D eigenvalue weighted by Gasteiger charge is -2.04. The summed E-state index contributed by atoms with van der Waals surface area (Å²) in [5.74, 6) is 0. The lowest BCUT2D eigenvalue weighted by molar-refractivity contribution is 0.198. The summed E-state index contributed by atoms with van der Waals surface area (Å²) in [5.41, 5.74) is 4.41. The average Bonchev–Trinajstić information content (AvgIpc) is 2.90. The third kappa shape index (κ3) is 4.27. The molecule has 0 saturated heterocycles. The van der Waals surface area contributed by atoms with Gasteiger partial charge in [-0.3, -0.25) is 5.32 Å². The molecule has 0 aliphatic carbocycles. The molecule has 1 aromatic carbocycles. The smallest absolute Gasteiger partial charge is 0.321 e. The predicted octanol–water partition coefficient (Wildman–Crippen LogP) is 3.19. The highest BCUT2D eigenvalue weighted by molar-refractivity contribution is 7.14. The van der Waals surface area contributed by atoms with Crippen molar-refractivity contribution in [2.75, 3.05) is 25.6 Å². The molecule has 2 rings (SSSR count). The average molecular weight is 305 g/mol. The first-order valence-corrected chi connectivity index (χ1v) is 7.55. The summed E-state index contributed by atoms with van der Waals surface area (Å²) in [4.78, 5) is 16.1. The van der Waals surface area contributed by atoms with Crippen LogP contribution in [-0.2, 0) is 4.74 Å². The predicted molar refractivity (Wildman–Crippen MR) is 85.9 cm³/mol. The first kappa shape index (κ1) is 15.5. The number of ether oxygens (including phenoxy) is 1. The Balaban J connectivity index is 2.00. The van der Waals surface area contributed by atoms with Crippen LogP contribution in [0.5, 0.6) is 0 Å². The number of nitrogens with one attached hydrogen (secondary N) is 2. The molecule has 0 radical (unpaired) electrons. The van der Waals surface area contributed by atoms with Crippen LogP contribution in [0.3, 0.4) is 0 Å². The van der Waals surface area contributed by atoms with E-state index in [-0.39, 0.29) is 6.03 Å². The van der Waals surface area contributed by atoms with Crippen molar-refractivity contribution in [3.05, 3.63) is 34.7 Å². The molecule has 0 aliphatic heterocycles. The van der Waals surface area contributed by atoms with Crippen molar-refractivity contribution in [1.82, 2.24) is 10.3 Å². The summed E-state index contributed by atoms with van der Waals surface area (Å²) in [7, 11) is 1.59. The third-order valence-electron chi connectivity index (χ3n) is 3.12. The maximum Gasteiger partial charge on any atom is 0.321 e. The Bertz CT molecular complexity index is 625. The topological polar surface area (TPSA) is 63.2 Å². The molecule has 0 bridgehead atoms. The van der Waals surface area contributed by atoms with E-state index in [2.05, 4.69) is 41.6 Å². The van der Waals surface area contributed by atoms with Crippen LogP contribution in [0.4, 0.5) is 9.93 Å². The molecule has 0 aliphatic rings. The van der Waals surface area contributed by atoms with Crippen LogP contribution < -0.4 is 10.6 Å². The van der Waals surface area contributed by atoms with E-state index in [0.29, 0.717) is 18.3 Å². The molecule has 112 valence electrons. The number of aryl methyl sites for hydroxylation is 2. The van der Waals surface area contributed by atoms with Gasteiger partial charge in [0, 0.05) is 24.6 Å². The van der Waals surface area contributed by atoms with Crippen molar-refractivity contribution < 1.29 is 9.53 Å². The number of amides is 2. The van der Waals surface area contributed by atoms with E-state index in [0.717, 1.165) is 11.3 Å². The normalized spacial score (nSPS) is 10.4. The number of hydrogen-bond donors (Lipinski definition) is 2. The third-order valence-corrected chi connectivity index (χ3v) is 3.88. The van der Waals surface area contributed by atoms with Crippen molar-refractivity contribution in [1.29, 1.82) is 0 Å². The van der Waals surface area contributed by atoms with Gasteiger partial charge in [-0.05, 0) is 31.0 Å². The number of nitrogens with zero attached hydrogens (tertiary/aromatic N) is 1. The SMILES string of the molecule is COCCNC(=O)Nc1nc(-c2ccc(C)c(C)c2)cs1. The minimum absolute atomic E-state index is 0.270. The van der Waals surface area contributed by atoms with Gasteiger partial charge in [-0.15, -0.1) is 11.3 Å². The minimum Gasteiger partial charge on any atom is -0.383 e. The Hall–Kier alpha value is -1.92. The second kappa shape index (κ2) is 7.19. The number of thiazole rings is 1. The molecule has 5 nitrogen and oxygen atoms in total. The van der Waals surface area contributed by atoms with Gasteiger partial charge in [0.25, 0.3) is 0 Å². The largest absolute Gasteiger partial charge is 0.383 e. The van der Waals surface area contributed by atoms with Gasteiger partial charge in [0.05, 0.1) is 12.3 Å². The maximum atomic E-state index is 11.6. The van der Waals surface area contributed by atoms with E-state index in [1.807, 2.05) is 11.4 Å². The van der Waals surface area contributed by atoms with E-state index in [4.69, 9.17) is 4.74 Å². The lowest BCUT2D eigenvalue weighted by atomic mass is 10.1. The van der Waals surface area contributed by atoms with Crippen molar-refractivity contribution >= 4 is 22.5 Å². The second-order valence-corrected chi connectivity index (χ2v) is 5.57. The molecule has 0 atom stereocenters. The number of carbonyl (C=O) groups is 1. The van der Waals surface area contributed by atoms with Crippen LogP contribution in [0.15, 0.2) is 23.6 Å². The van der Waals surface area contributed by atoms with Crippen molar-refractivity contribution in [2.24, 2.45) is 0 Å². The Labute approximate surface area is 128 Å². The summed E-state index contributed by atoms with van der Waals surface area (Å²) in [6.07, 6.45) is 0. The number of urea groups is 1. The highest BCUT2D eigenvalue weighted by Crippen LogP contribution is 2.26. The number of benzene rings is 1. The number of anilines is 1. The molecular weight excluding hydrogens is 286 g/mol. The zero-order chi connectivity index (χ0) is 15.2. The number of aromatic nitrogens is 1. The Morgan fingerprint density at radius 3 is 2.86 bits per heavy atom. The monoisotopic (exact) mass is 305 g/mol. The maximum absolute atomic E-state index is 11.6. The molecule has 2 N–H and O–H groups in total. The van der Waals surface area contributed by atoms with Crippen LogP contribution in [0, 0.1) is 13.8 Å². The van der Waals surface area contributed by atoms with E-state index in [9.17, 15) is 4.79 Å².